The van der Waals surface area contributed by atoms with Crippen molar-refractivity contribution in [2.45, 2.75) is 96.1 Å². The molecule has 1 aromatic rings. The Kier molecular flexibility index (Phi) is 7.20. The van der Waals surface area contributed by atoms with Crippen LogP contribution >= 0.6 is 0 Å². The smallest absolute Gasteiger partial charge is 0.338 e. The van der Waals surface area contributed by atoms with Crippen LogP contribution in [-0.2, 0) is 33.3 Å². The lowest BCUT2D eigenvalue weighted by molar-refractivity contribution is -0.345. The Hall–Kier alpha value is -3.12. The molecule has 1 saturated heterocycles. The molecule has 4 aliphatic rings. The molecule has 0 aromatic heterocycles. The summed E-state index contributed by atoms with van der Waals surface area (Å²) in [6.45, 7) is 8.42. The molecule has 0 spiro atoms. The van der Waals surface area contributed by atoms with Crippen LogP contribution < -0.4 is 0 Å². The van der Waals surface area contributed by atoms with Gasteiger partial charge < -0.3 is 34.3 Å². The van der Waals surface area contributed by atoms with Crippen molar-refractivity contribution in [2.75, 3.05) is 6.61 Å². The number of benzene rings is 1. The molecular formula is C31H38O11. The molecule has 0 amide bonds. The number of aliphatic hydroxyl groups excluding tert-OH is 2. The number of Topliss-reactive ketones (excluding diaryl/α,β-unsaturated/α-hetero) is 1. The van der Waals surface area contributed by atoms with Crippen LogP contribution in [0, 0.1) is 16.7 Å². The Morgan fingerprint density at radius 1 is 1.00 bits per heavy atom. The number of fused-ring (bicyclic) bond motifs is 5. The summed E-state index contributed by atoms with van der Waals surface area (Å²) < 4.78 is 23.5. The SMILES string of the molecule is CC(=O)OC1C(=O)[C@]2(C)C(O)CC3OCC3(OC(C)=O)C2C(OC(=O)c2ccccc2)C2(O)CC(O)C(C)=C1C2(C)C. The second-order valence-electron chi connectivity index (χ2n) is 12.8. The lowest BCUT2D eigenvalue weighted by atomic mass is 9.44. The van der Waals surface area contributed by atoms with Gasteiger partial charge in [0.2, 0.25) is 0 Å². The Morgan fingerprint density at radius 2 is 1.64 bits per heavy atom. The van der Waals surface area contributed by atoms with Crippen molar-refractivity contribution in [1.29, 1.82) is 0 Å². The van der Waals surface area contributed by atoms with Gasteiger partial charge in [-0.3, -0.25) is 14.4 Å². The van der Waals surface area contributed by atoms with Gasteiger partial charge in [-0.15, -0.1) is 0 Å². The van der Waals surface area contributed by atoms with Gasteiger partial charge in [-0.2, -0.15) is 0 Å². The van der Waals surface area contributed by atoms with Crippen LogP contribution in [0.1, 0.15) is 64.7 Å². The van der Waals surface area contributed by atoms with Crippen LogP contribution in [0.25, 0.3) is 0 Å². The van der Waals surface area contributed by atoms with Gasteiger partial charge in [0.15, 0.2) is 17.5 Å². The first-order valence-electron chi connectivity index (χ1n) is 14.1. The molecule has 2 bridgehead atoms. The van der Waals surface area contributed by atoms with E-state index in [0.717, 1.165) is 6.92 Å². The van der Waals surface area contributed by atoms with Crippen LogP contribution in [0.5, 0.6) is 0 Å². The maximum absolute atomic E-state index is 14.8. The van der Waals surface area contributed by atoms with Crippen LogP contribution in [0.2, 0.25) is 0 Å². The van der Waals surface area contributed by atoms with Gasteiger partial charge in [0.1, 0.15) is 17.8 Å². The number of carbonyl (C=O) groups excluding carboxylic acids is 4. The number of carbonyl (C=O) groups is 4. The Balaban J connectivity index is 1.84. The van der Waals surface area contributed by atoms with Gasteiger partial charge in [-0.25, -0.2) is 4.79 Å². The zero-order valence-electron chi connectivity index (χ0n) is 24.6. The molecule has 9 atom stereocenters. The highest BCUT2D eigenvalue weighted by Gasteiger charge is 2.78. The molecule has 1 aliphatic heterocycles. The number of esters is 3. The molecule has 3 N–H and O–H groups in total. The van der Waals surface area contributed by atoms with Crippen molar-refractivity contribution in [3.63, 3.8) is 0 Å². The third-order valence-corrected chi connectivity index (χ3v) is 10.2. The fraction of sp³-hybridized carbons (Fsp3) is 0.613. The van der Waals surface area contributed by atoms with E-state index in [2.05, 4.69) is 0 Å². The first-order chi connectivity index (χ1) is 19.5. The van der Waals surface area contributed by atoms with Gasteiger partial charge in [0, 0.05) is 32.1 Å². The molecular weight excluding hydrogens is 548 g/mol. The van der Waals surface area contributed by atoms with Crippen molar-refractivity contribution in [3.8, 4) is 0 Å². The third-order valence-electron chi connectivity index (χ3n) is 10.2. The lowest BCUT2D eigenvalue weighted by Crippen LogP contribution is -2.81. The van der Waals surface area contributed by atoms with E-state index in [1.54, 1.807) is 39.0 Å². The molecule has 0 radical (unpaired) electrons. The minimum Gasteiger partial charge on any atom is -0.455 e. The highest BCUT2D eigenvalue weighted by molar-refractivity contribution is 5.95. The van der Waals surface area contributed by atoms with E-state index in [1.807, 2.05) is 0 Å². The second-order valence-corrected chi connectivity index (χ2v) is 12.8. The minimum absolute atomic E-state index is 0.110. The maximum Gasteiger partial charge on any atom is 0.338 e. The summed E-state index contributed by atoms with van der Waals surface area (Å²) in [5.74, 6) is -4.41. The molecule has 11 heteroatoms. The predicted octanol–water partition coefficient (Wildman–Crippen LogP) is 1.65. The molecule has 11 nitrogen and oxygen atoms in total. The van der Waals surface area contributed by atoms with Crippen LogP contribution in [0.4, 0.5) is 0 Å². The second kappa shape index (κ2) is 9.97. The molecule has 228 valence electrons. The number of ether oxygens (including phenoxy) is 4. The topological polar surface area (TPSA) is 166 Å². The maximum atomic E-state index is 14.8. The summed E-state index contributed by atoms with van der Waals surface area (Å²) in [6, 6.07) is 8.05. The summed E-state index contributed by atoms with van der Waals surface area (Å²) in [5, 5.41) is 35.8. The van der Waals surface area contributed by atoms with E-state index < -0.39 is 82.2 Å². The van der Waals surface area contributed by atoms with Crippen LogP contribution in [-0.4, -0.2) is 87.3 Å². The molecule has 2 saturated carbocycles. The van der Waals surface area contributed by atoms with Crippen LogP contribution in [0.3, 0.4) is 0 Å². The number of aliphatic hydroxyl groups is 3. The monoisotopic (exact) mass is 586 g/mol. The standard InChI is InChI=1S/C31H38O11/c1-15-19(34)13-31(38)26(41-27(37)18-10-8-7-9-11-18)24-29(6,20(35)12-21-30(24,14-39-21)42-17(3)33)25(36)23(40-16(2)32)22(15)28(31,4)5/h7-11,19-21,23-24,26,34-35,38H,12-14H2,1-6H3/t19?,20?,21?,23?,24?,26?,29-,30?,31?/m1/s1. The number of ketones is 1. The Morgan fingerprint density at radius 3 is 2.19 bits per heavy atom. The summed E-state index contributed by atoms with van der Waals surface area (Å²) in [6.07, 6.45) is -7.27. The molecule has 1 heterocycles. The summed E-state index contributed by atoms with van der Waals surface area (Å²) >= 11 is 0. The number of rotatable bonds is 4. The zero-order valence-corrected chi connectivity index (χ0v) is 24.6. The summed E-state index contributed by atoms with van der Waals surface area (Å²) in [4.78, 5) is 53.4. The first kappa shape index (κ1) is 30.3. The van der Waals surface area contributed by atoms with Crippen molar-refractivity contribution in [3.05, 3.63) is 47.0 Å². The molecule has 3 aliphatic carbocycles. The molecule has 1 aromatic carbocycles. The largest absolute Gasteiger partial charge is 0.455 e. The Labute approximate surface area is 243 Å². The van der Waals surface area contributed by atoms with E-state index in [-0.39, 0.29) is 30.6 Å². The molecule has 5 rings (SSSR count). The molecule has 42 heavy (non-hydrogen) atoms. The molecule has 8 unspecified atom stereocenters. The van der Waals surface area contributed by atoms with Gasteiger partial charge in [-0.05, 0) is 37.1 Å². The third kappa shape index (κ3) is 4.08. The first-order valence-corrected chi connectivity index (χ1v) is 14.1. The highest BCUT2D eigenvalue weighted by atomic mass is 16.6. The van der Waals surface area contributed by atoms with Crippen molar-refractivity contribution in [1.82, 2.24) is 0 Å². The average molecular weight is 587 g/mol. The van der Waals surface area contributed by atoms with E-state index in [9.17, 15) is 34.5 Å². The number of hydrogen-bond acceptors (Lipinski definition) is 11. The summed E-state index contributed by atoms with van der Waals surface area (Å²) in [7, 11) is 0. The van der Waals surface area contributed by atoms with Gasteiger partial charge in [-0.1, -0.05) is 32.0 Å². The van der Waals surface area contributed by atoms with Crippen molar-refractivity contribution >= 4 is 23.7 Å². The number of hydrogen-bond donors (Lipinski definition) is 3. The molecule has 3 fully saturated rings. The van der Waals surface area contributed by atoms with E-state index in [1.165, 1.54) is 26.0 Å². The predicted molar refractivity (Wildman–Crippen MR) is 145 cm³/mol. The van der Waals surface area contributed by atoms with E-state index in [4.69, 9.17) is 18.9 Å². The minimum atomic E-state index is -2.11. The van der Waals surface area contributed by atoms with Gasteiger partial charge in [0.05, 0.1) is 35.7 Å². The zero-order chi connectivity index (χ0) is 31.0. The quantitative estimate of drug-likeness (QED) is 0.267. The fourth-order valence-corrected chi connectivity index (χ4v) is 7.91. The summed E-state index contributed by atoms with van der Waals surface area (Å²) in [5.41, 5.74) is -6.38. The average Bonchev–Trinajstić information content (AvgIpc) is 2.90. The van der Waals surface area contributed by atoms with E-state index >= 15 is 0 Å². The van der Waals surface area contributed by atoms with Crippen LogP contribution in [0.15, 0.2) is 41.5 Å². The Bertz CT molecular complexity index is 1350. The normalized spacial score (nSPS) is 40.4. The fourth-order valence-electron chi connectivity index (χ4n) is 7.91. The van der Waals surface area contributed by atoms with Crippen molar-refractivity contribution in [2.24, 2.45) is 16.7 Å². The van der Waals surface area contributed by atoms with Gasteiger partial charge >= 0.3 is 17.9 Å². The highest BCUT2D eigenvalue weighted by Crippen LogP contribution is 2.64. The van der Waals surface area contributed by atoms with E-state index in [0.29, 0.717) is 5.57 Å². The van der Waals surface area contributed by atoms with Gasteiger partial charge in [0.25, 0.3) is 0 Å². The lowest BCUT2D eigenvalue weighted by Gasteiger charge is -2.67. The van der Waals surface area contributed by atoms with Crippen molar-refractivity contribution < 1.29 is 53.4 Å².